The van der Waals surface area contributed by atoms with Gasteiger partial charge in [0.2, 0.25) is 0 Å². The van der Waals surface area contributed by atoms with E-state index >= 15 is 0 Å². The highest BCUT2D eigenvalue weighted by atomic mass is 16.6. The van der Waals surface area contributed by atoms with Gasteiger partial charge in [0, 0.05) is 49.8 Å². The van der Waals surface area contributed by atoms with Crippen molar-refractivity contribution < 1.29 is 47.8 Å². The summed E-state index contributed by atoms with van der Waals surface area (Å²) in [4.78, 5) is 108. The van der Waals surface area contributed by atoms with E-state index in [-0.39, 0.29) is 66.1 Å². The van der Waals surface area contributed by atoms with E-state index in [1.807, 2.05) is 0 Å². The van der Waals surface area contributed by atoms with Gasteiger partial charge >= 0.3 is 23.9 Å². The summed E-state index contributed by atoms with van der Waals surface area (Å²) in [6.45, 7) is 0. The second-order valence-corrected chi connectivity index (χ2v) is 12.2. The number of hydrogen-bond acceptors (Lipinski definition) is 10. The van der Waals surface area contributed by atoms with E-state index in [0.29, 0.717) is 25.7 Å². The molecule has 11 nitrogen and oxygen atoms in total. The quantitative estimate of drug-likeness (QED) is 0.179. The van der Waals surface area contributed by atoms with Gasteiger partial charge in [0.05, 0.1) is 28.2 Å². The monoisotopic (exact) mass is 613 g/mol. The van der Waals surface area contributed by atoms with Crippen molar-refractivity contribution in [2.45, 2.75) is 31.7 Å². The number of ketones is 2. The first kappa shape index (κ1) is 26.6. The van der Waals surface area contributed by atoms with Crippen LogP contribution in [-0.4, -0.2) is 58.2 Å². The minimum atomic E-state index is -1.21. The van der Waals surface area contributed by atoms with E-state index in [1.54, 1.807) is 0 Å². The van der Waals surface area contributed by atoms with Gasteiger partial charge in [-0.15, -0.1) is 0 Å². The fourth-order valence-corrected chi connectivity index (χ4v) is 8.17. The molecule has 3 heterocycles. The normalized spacial score (nSPS) is 22.1. The number of cyclic esters (lactones) is 4. The second-order valence-electron chi connectivity index (χ2n) is 12.2. The smallest absolute Gasteiger partial charge is 0.346 e. The first-order chi connectivity index (χ1) is 22.2. The molecule has 11 heteroatoms. The van der Waals surface area contributed by atoms with Gasteiger partial charge in [-0.05, 0) is 67.3 Å². The lowest BCUT2D eigenvalue weighted by atomic mass is 9.66. The molecule has 4 aromatic carbocycles. The number of benzene rings is 4. The molecule has 2 atom stereocenters. The predicted octanol–water partition coefficient (Wildman–Crippen LogP) is 4.46. The second kappa shape index (κ2) is 8.87. The average Bonchev–Trinajstić information content (AvgIpc) is 3.04. The topological polar surface area (TPSA) is 158 Å². The van der Waals surface area contributed by atoms with Crippen LogP contribution in [0.25, 0.3) is 21.5 Å². The van der Waals surface area contributed by atoms with Crippen LogP contribution < -0.4 is 0 Å². The van der Waals surface area contributed by atoms with E-state index in [1.165, 1.54) is 48.5 Å². The van der Waals surface area contributed by atoms with Crippen molar-refractivity contribution in [2.75, 3.05) is 0 Å². The van der Waals surface area contributed by atoms with Crippen LogP contribution in [0.4, 0.5) is 0 Å². The third kappa shape index (κ3) is 3.16. The molecule has 0 bridgehead atoms. The molecular weight excluding hydrogens is 594 g/mol. The molecule has 1 fully saturated rings. The Hall–Kier alpha value is -5.84. The number of esters is 4. The first-order valence-corrected chi connectivity index (χ1v) is 14.9. The molecule has 0 saturated heterocycles. The zero-order chi connectivity index (χ0) is 31.8. The summed E-state index contributed by atoms with van der Waals surface area (Å²) in [6.07, 6.45) is 2.07. The highest BCUT2D eigenvalue weighted by Crippen LogP contribution is 2.46. The van der Waals surface area contributed by atoms with Crippen LogP contribution >= 0.6 is 0 Å². The highest BCUT2D eigenvalue weighted by molar-refractivity contribution is 6.34. The first-order valence-electron chi connectivity index (χ1n) is 14.9. The lowest BCUT2D eigenvalue weighted by molar-refractivity contribution is 0.0327. The van der Waals surface area contributed by atoms with E-state index in [9.17, 15) is 38.4 Å². The molecular formula is C35H19NO10. The molecule has 1 saturated carbocycles. The van der Waals surface area contributed by atoms with Crippen LogP contribution in [0.15, 0.2) is 48.5 Å². The SMILES string of the molecule is O=C1OC(=O)c2ccc3c4c(ccc1c24)C(=O)C([C@@H]1CCCC[C@H]1N1C(=O)c2ccc4c5c(ccc(c25)C1=O)C(=O)OC4=O)C3=O. The van der Waals surface area contributed by atoms with E-state index in [4.69, 9.17) is 9.47 Å². The molecule has 9 rings (SSSR count). The lowest BCUT2D eigenvalue weighted by Crippen LogP contribution is -2.54. The summed E-state index contributed by atoms with van der Waals surface area (Å²) < 4.78 is 9.65. The lowest BCUT2D eigenvalue weighted by Gasteiger charge is -2.43. The Balaban J connectivity index is 1.16. The molecule has 5 aliphatic rings. The summed E-state index contributed by atoms with van der Waals surface area (Å²) in [6, 6.07) is 10.6. The Morgan fingerprint density at radius 2 is 0.804 bits per heavy atom. The third-order valence-corrected chi connectivity index (χ3v) is 10.1. The average molecular weight is 614 g/mol. The fourth-order valence-electron chi connectivity index (χ4n) is 8.17. The van der Waals surface area contributed by atoms with Crippen molar-refractivity contribution in [2.24, 2.45) is 11.8 Å². The van der Waals surface area contributed by atoms with Gasteiger partial charge in [0.15, 0.2) is 11.6 Å². The summed E-state index contributed by atoms with van der Waals surface area (Å²) in [5.74, 6) is -7.68. The summed E-state index contributed by atoms with van der Waals surface area (Å²) in [5.41, 5.74) is 0.952. The van der Waals surface area contributed by atoms with Gasteiger partial charge in [-0.3, -0.25) is 24.1 Å². The largest absolute Gasteiger partial charge is 0.386 e. The van der Waals surface area contributed by atoms with E-state index < -0.39 is 65.1 Å². The maximum absolute atomic E-state index is 14.2. The highest BCUT2D eigenvalue weighted by Gasteiger charge is 2.50. The van der Waals surface area contributed by atoms with Crippen molar-refractivity contribution in [3.63, 3.8) is 0 Å². The number of rotatable bonds is 2. The van der Waals surface area contributed by atoms with Gasteiger partial charge in [-0.2, -0.15) is 0 Å². The number of carbonyl (C=O) groups excluding carboxylic acids is 8. The van der Waals surface area contributed by atoms with E-state index in [2.05, 4.69) is 0 Å². The number of imide groups is 1. The molecule has 2 aliphatic carbocycles. The fraction of sp³-hybridized carbons (Fsp3) is 0.200. The summed E-state index contributed by atoms with van der Waals surface area (Å²) in [7, 11) is 0. The predicted molar refractivity (Wildman–Crippen MR) is 156 cm³/mol. The maximum Gasteiger partial charge on any atom is 0.346 e. The Morgan fingerprint density at radius 3 is 1.26 bits per heavy atom. The van der Waals surface area contributed by atoms with Gasteiger partial charge < -0.3 is 9.47 Å². The summed E-state index contributed by atoms with van der Waals surface area (Å²) >= 11 is 0. The van der Waals surface area contributed by atoms with E-state index in [0.717, 1.165) is 4.90 Å². The molecule has 3 aliphatic heterocycles. The number of Topliss-reactive ketones (excluding diaryl/α,β-unsaturated/α-hetero) is 2. The van der Waals surface area contributed by atoms with Crippen LogP contribution in [0.5, 0.6) is 0 Å². The molecule has 0 aromatic heterocycles. The zero-order valence-corrected chi connectivity index (χ0v) is 23.7. The van der Waals surface area contributed by atoms with Gasteiger partial charge in [-0.1, -0.05) is 12.8 Å². The molecule has 2 amide bonds. The van der Waals surface area contributed by atoms with Crippen molar-refractivity contribution in [3.05, 3.63) is 93.0 Å². The van der Waals surface area contributed by atoms with Crippen molar-refractivity contribution in [1.82, 2.24) is 4.90 Å². The van der Waals surface area contributed by atoms with Crippen LogP contribution in [-0.2, 0) is 9.47 Å². The molecule has 224 valence electrons. The molecule has 0 unspecified atom stereocenters. The van der Waals surface area contributed by atoms with Crippen LogP contribution in [0.3, 0.4) is 0 Å². The van der Waals surface area contributed by atoms with Crippen LogP contribution in [0.1, 0.15) is 109 Å². The van der Waals surface area contributed by atoms with Crippen molar-refractivity contribution in [1.29, 1.82) is 0 Å². The molecule has 46 heavy (non-hydrogen) atoms. The maximum atomic E-state index is 14.2. The van der Waals surface area contributed by atoms with Crippen molar-refractivity contribution in [3.8, 4) is 0 Å². The summed E-state index contributed by atoms with van der Waals surface area (Å²) in [5, 5.41) is 0.821. The van der Waals surface area contributed by atoms with Gasteiger partial charge in [0.25, 0.3) is 11.8 Å². The Kier molecular flexibility index (Phi) is 5.12. The Bertz CT molecular complexity index is 2000. The zero-order valence-electron chi connectivity index (χ0n) is 23.7. The van der Waals surface area contributed by atoms with Gasteiger partial charge in [-0.25, -0.2) is 19.2 Å². The molecule has 0 N–H and O–H groups in total. The van der Waals surface area contributed by atoms with Crippen molar-refractivity contribution >= 4 is 68.8 Å². The number of ether oxygens (including phenoxy) is 2. The standard InChI is InChI=1S/C35H19NO10/c37-28-14-5-9-18-25-19(33(42)45-32(18)41)10-6-15(23(14)25)29(38)27(28)13-3-1-2-4-22(13)36-30(39)16-7-11-20-26-21(35(44)46-34(20)43)12-8-17(24(16)26)31(36)40/h5-13,22,27H,1-4H2/t13-,22-/m1/s1. The van der Waals surface area contributed by atoms with Crippen LogP contribution in [0.2, 0.25) is 0 Å². The van der Waals surface area contributed by atoms with Crippen LogP contribution in [0, 0.1) is 11.8 Å². The molecule has 0 radical (unpaired) electrons. The Morgan fingerprint density at radius 1 is 0.457 bits per heavy atom. The minimum Gasteiger partial charge on any atom is -0.386 e. The van der Waals surface area contributed by atoms with Gasteiger partial charge in [0.1, 0.15) is 0 Å². The Labute approximate surface area is 258 Å². The minimum absolute atomic E-state index is 0.0759. The number of amides is 2. The number of nitrogens with zero attached hydrogens (tertiary/aromatic N) is 1. The number of carbonyl (C=O) groups is 8. The third-order valence-electron chi connectivity index (χ3n) is 10.1. The molecule has 4 aromatic rings. The number of hydrogen-bond donors (Lipinski definition) is 0. The molecule has 0 spiro atoms.